The Morgan fingerprint density at radius 3 is 2.55 bits per heavy atom. The first-order chi connectivity index (χ1) is 10.6. The van der Waals surface area contributed by atoms with Crippen LogP contribution in [0.1, 0.15) is 11.9 Å². The van der Waals surface area contributed by atoms with Crippen molar-refractivity contribution in [2.24, 2.45) is 0 Å². The normalized spacial score (nSPS) is 10.9. The molecule has 0 bridgehead atoms. The van der Waals surface area contributed by atoms with E-state index in [4.69, 9.17) is 4.42 Å². The summed E-state index contributed by atoms with van der Waals surface area (Å²) in [5.41, 5.74) is 1.05. The van der Waals surface area contributed by atoms with Gasteiger partial charge in [0.15, 0.2) is 12.1 Å². The van der Waals surface area contributed by atoms with E-state index in [0.29, 0.717) is 16.9 Å². The van der Waals surface area contributed by atoms with Gasteiger partial charge in [-0.15, -0.1) is 0 Å². The van der Waals surface area contributed by atoms with E-state index in [0.717, 1.165) is 0 Å². The molecule has 0 unspecified atom stereocenters. The van der Waals surface area contributed by atoms with Crippen LogP contribution in [0.4, 0.5) is 16.1 Å². The summed E-state index contributed by atoms with van der Waals surface area (Å²) in [6.07, 6.45) is -0.186. The lowest BCUT2D eigenvalue weighted by molar-refractivity contribution is -0.0421. The topological polar surface area (TPSA) is 78.5 Å². The van der Waals surface area contributed by atoms with Gasteiger partial charge in [0, 0.05) is 11.1 Å². The van der Waals surface area contributed by atoms with Crippen molar-refractivity contribution in [1.29, 1.82) is 0 Å². The molecule has 0 fully saturated rings. The van der Waals surface area contributed by atoms with Crippen molar-refractivity contribution in [3.8, 4) is 11.3 Å². The SMILES string of the molecule is OC(O)c1ccccc1-c1cnc(Nc2ccccc2F)o1. The quantitative estimate of drug-likeness (QED) is 0.645. The molecule has 22 heavy (non-hydrogen) atoms. The zero-order valence-corrected chi connectivity index (χ0v) is 11.4. The van der Waals surface area contributed by atoms with Gasteiger partial charge < -0.3 is 19.9 Å². The predicted molar refractivity (Wildman–Crippen MR) is 78.8 cm³/mol. The fraction of sp³-hybridized carbons (Fsp3) is 0.0625. The molecule has 0 saturated carbocycles. The zero-order valence-electron chi connectivity index (χ0n) is 11.4. The molecule has 0 radical (unpaired) electrons. The van der Waals surface area contributed by atoms with Gasteiger partial charge in [0.25, 0.3) is 6.01 Å². The van der Waals surface area contributed by atoms with Crippen molar-refractivity contribution in [3.05, 3.63) is 66.1 Å². The molecule has 2 aromatic carbocycles. The molecular weight excluding hydrogens is 287 g/mol. The number of halogens is 1. The molecule has 0 saturated heterocycles. The van der Waals surface area contributed by atoms with Gasteiger partial charge >= 0.3 is 0 Å². The summed E-state index contributed by atoms with van der Waals surface area (Å²) >= 11 is 0. The minimum absolute atomic E-state index is 0.113. The molecule has 0 aliphatic carbocycles. The number of nitrogens with zero attached hydrogens (tertiary/aromatic N) is 1. The number of benzene rings is 2. The molecule has 0 aliphatic rings. The summed E-state index contributed by atoms with van der Waals surface area (Å²) in [4.78, 5) is 4.02. The van der Waals surface area contributed by atoms with Crippen LogP contribution in [0, 0.1) is 5.82 Å². The van der Waals surface area contributed by atoms with Gasteiger partial charge in [-0.2, -0.15) is 0 Å². The van der Waals surface area contributed by atoms with Gasteiger partial charge in [-0.1, -0.05) is 36.4 Å². The number of oxazole rings is 1. The van der Waals surface area contributed by atoms with Crippen LogP contribution < -0.4 is 5.32 Å². The third-order valence-electron chi connectivity index (χ3n) is 3.13. The Morgan fingerprint density at radius 1 is 1.05 bits per heavy atom. The summed E-state index contributed by atoms with van der Waals surface area (Å²) in [5.74, 6) is -0.0732. The van der Waals surface area contributed by atoms with Crippen LogP contribution in [0.25, 0.3) is 11.3 Å². The van der Waals surface area contributed by atoms with Crippen LogP contribution in [0.3, 0.4) is 0 Å². The van der Waals surface area contributed by atoms with E-state index in [1.54, 1.807) is 42.5 Å². The van der Waals surface area contributed by atoms with E-state index < -0.39 is 12.1 Å². The molecule has 0 aliphatic heterocycles. The predicted octanol–water partition coefficient (Wildman–Crippen LogP) is 3.21. The van der Waals surface area contributed by atoms with E-state index in [1.165, 1.54) is 12.3 Å². The van der Waals surface area contributed by atoms with E-state index >= 15 is 0 Å². The Labute approximate surface area is 125 Å². The van der Waals surface area contributed by atoms with Crippen LogP contribution in [0.15, 0.2) is 59.1 Å². The lowest BCUT2D eigenvalue weighted by Gasteiger charge is -2.08. The molecular formula is C16H13FN2O3. The highest BCUT2D eigenvalue weighted by atomic mass is 19.1. The van der Waals surface area contributed by atoms with Crippen molar-refractivity contribution in [2.45, 2.75) is 6.29 Å². The third kappa shape index (κ3) is 2.83. The van der Waals surface area contributed by atoms with E-state index in [-0.39, 0.29) is 11.7 Å². The van der Waals surface area contributed by atoms with Crippen LogP contribution >= 0.6 is 0 Å². The van der Waals surface area contributed by atoms with Crippen LogP contribution in [0.5, 0.6) is 0 Å². The number of hydrogen-bond acceptors (Lipinski definition) is 5. The van der Waals surface area contributed by atoms with Crippen LogP contribution in [-0.4, -0.2) is 15.2 Å². The molecule has 112 valence electrons. The second-order valence-electron chi connectivity index (χ2n) is 4.60. The maximum absolute atomic E-state index is 13.6. The van der Waals surface area contributed by atoms with E-state index in [2.05, 4.69) is 10.3 Å². The maximum Gasteiger partial charge on any atom is 0.299 e. The van der Waals surface area contributed by atoms with Gasteiger partial charge in [-0.05, 0) is 12.1 Å². The molecule has 3 aromatic rings. The van der Waals surface area contributed by atoms with E-state index in [1.807, 2.05) is 0 Å². The Morgan fingerprint density at radius 2 is 1.77 bits per heavy atom. The number of rotatable bonds is 4. The molecule has 0 atom stereocenters. The molecule has 0 spiro atoms. The second kappa shape index (κ2) is 5.97. The first kappa shape index (κ1) is 14.2. The van der Waals surface area contributed by atoms with Crippen molar-refractivity contribution in [1.82, 2.24) is 4.98 Å². The number of para-hydroxylation sites is 1. The third-order valence-corrected chi connectivity index (χ3v) is 3.13. The van der Waals surface area contributed by atoms with Crippen molar-refractivity contribution >= 4 is 11.7 Å². The number of nitrogens with one attached hydrogen (secondary N) is 1. The fourth-order valence-electron chi connectivity index (χ4n) is 2.08. The van der Waals surface area contributed by atoms with Crippen LogP contribution in [0.2, 0.25) is 0 Å². The highest BCUT2D eigenvalue weighted by Crippen LogP contribution is 2.30. The summed E-state index contributed by atoms with van der Waals surface area (Å²) < 4.78 is 19.1. The Balaban J connectivity index is 1.90. The van der Waals surface area contributed by atoms with Gasteiger partial charge in [-0.3, -0.25) is 0 Å². The number of aromatic nitrogens is 1. The monoisotopic (exact) mass is 300 g/mol. The van der Waals surface area contributed by atoms with Gasteiger partial charge in [0.2, 0.25) is 0 Å². The van der Waals surface area contributed by atoms with Gasteiger partial charge in [-0.25, -0.2) is 9.37 Å². The number of anilines is 2. The Bertz CT molecular complexity index is 786. The summed E-state index contributed by atoms with van der Waals surface area (Å²) in [7, 11) is 0. The lowest BCUT2D eigenvalue weighted by atomic mass is 10.1. The lowest BCUT2D eigenvalue weighted by Crippen LogP contribution is -1.97. The summed E-state index contributed by atoms with van der Waals surface area (Å²) in [6.45, 7) is 0. The molecule has 5 nitrogen and oxygen atoms in total. The number of hydrogen-bond donors (Lipinski definition) is 3. The second-order valence-corrected chi connectivity index (χ2v) is 4.60. The first-order valence-electron chi connectivity index (χ1n) is 6.58. The Kier molecular flexibility index (Phi) is 3.86. The van der Waals surface area contributed by atoms with Gasteiger partial charge in [0.05, 0.1) is 11.9 Å². The number of aliphatic hydroxyl groups excluding tert-OH is 1. The molecule has 3 rings (SSSR count). The smallest absolute Gasteiger partial charge is 0.299 e. The molecule has 3 N–H and O–H groups in total. The standard InChI is InChI=1S/C16H13FN2O3/c17-12-7-3-4-8-13(12)19-16-18-9-14(22-16)10-5-1-2-6-11(10)15(20)21/h1-9,15,20-21H,(H,18,19). The average Bonchev–Trinajstić information content (AvgIpc) is 2.98. The minimum atomic E-state index is -1.62. The number of aliphatic hydroxyl groups is 2. The summed E-state index contributed by atoms with van der Waals surface area (Å²) in [6, 6.07) is 13.0. The van der Waals surface area contributed by atoms with Crippen LogP contribution in [-0.2, 0) is 0 Å². The van der Waals surface area contributed by atoms with E-state index in [9.17, 15) is 14.6 Å². The highest BCUT2D eigenvalue weighted by molar-refractivity contribution is 5.63. The van der Waals surface area contributed by atoms with Gasteiger partial charge in [0.1, 0.15) is 5.82 Å². The largest absolute Gasteiger partial charge is 0.423 e. The molecule has 0 amide bonds. The minimum Gasteiger partial charge on any atom is -0.423 e. The maximum atomic E-state index is 13.6. The van der Waals surface area contributed by atoms with Crippen molar-refractivity contribution in [3.63, 3.8) is 0 Å². The zero-order chi connectivity index (χ0) is 15.5. The molecule has 1 aromatic heterocycles. The first-order valence-corrected chi connectivity index (χ1v) is 6.58. The summed E-state index contributed by atoms with van der Waals surface area (Å²) in [5, 5.41) is 21.5. The van der Waals surface area contributed by atoms with Crippen molar-refractivity contribution in [2.75, 3.05) is 5.32 Å². The Hall–Kier alpha value is -2.70. The molecule has 1 heterocycles. The molecule has 6 heteroatoms. The van der Waals surface area contributed by atoms with Crippen molar-refractivity contribution < 1.29 is 19.0 Å². The fourth-order valence-corrected chi connectivity index (χ4v) is 2.08. The average molecular weight is 300 g/mol. The highest BCUT2D eigenvalue weighted by Gasteiger charge is 2.14.